The van der Waals surface area contributed by atoms with E-state index in [4.69, 9.17) is 0 Å². The monoisotopic (exact) mass is 338 g/mol. The van der Waals surface area contributed by atoms with Gasteiger partial charge >= 0.3 is 0 Å². The van der Waals surface area contributed by atoms with E-state index in [0.717, 1.165) is 11.5 Å². The van der Waals surface area contributed by atoms with Crippen LogP contribution in [-0.4, -0.2) is 11.5 Å². The highest BCUT2D eigenvalue weighted by atomic mass is 33.1. The first-order chi connectivity index (χ1) is 9.77. The van der Waals surface area contributed by atoms with Crippen molar-refractivity contribution in [1.29, 1.82) is 0 Å². The fraction of sp³-hybridized carbons (Fsp3) is 0.250. The third kappa shape index (κ3) is 5.32. The lowest BCUT2D eigenvalue weighted by atomic mass is 10.2. The zero-order valence-electron chi connectivity index (χ0n) is 11.1. The van der Waals surface area contributed by atoms with Gasteiger partial charge in [-0.15, -0.1) is 0 Å². The lowest BCUT2D eigenvalue weighted by Crippen LogP contribution is -1.95. The largest absolute Gasteiger partial charge is 0.170 e. The highest BCUT2D eigenvalue weighted by Crippen LogP contribution is 2.34. The quantitative estimate of drug-likeness (QED) is 0.377. The van der Waals surface area contributed by atoms with Gasteiger partial charge in [0.2, 0.25) is 0 Å². The van der Waals surface area contributed by atoms with Crippen LogP contribution in [0.4, 0.5) is 0 Å². The molecule has 0 N–H and O–H groups in total. The van der Waals surface area contributed by atoms with Gasteiger partial charge in [0.15, 0.2) is 0 Å². The summed E-state index contributed by atoms with van der Waals surface area (Å²) in [5, 5.41) is 0.590. The molecule has 0 aliphatic rings. The van der Waals surface area contributed by atoms with Crippen molar-refractivity contribution >= 4 is 46.8 Å². The fourth-order valence-electron chi connectivity index (χ4n) is 1.77. The second-order valence-corrected chi connectivity index (χ2v) is 8.22. The van der Waals surface area contributed by atoms with E-state index in [9.17, 15) is 0 Å². The first-order valence-electron chi connectivity index (χ1n) is 6.48. The van der Waals surface area contributed by atoms with Gasteiger partial charge in [-0.05, 0) is 11.1 Å². The molecule has 2 aromatic rings. The summed E-state index contributed by atoms with van der Waals surface area (Å²) in [7, 11) is 3.74. The van der Waals surface area contributed by atoms with Crippen molar-refractivity contribution in [3.8, 4) is 0 Å². The van der Waals surface area contributed by atoms with E-state index in [1.165, 1.54) is 11.1 Å². The van der Waals surface area contributed by atoms with E-state index in [-0.39, 0.29) is 0 Å². The average Bonchev–Trinajstić information content (AvgIpc) is 2.53. The molecule has 0 nitrogen and oxygen atoms in total. The SMILES string of the molecule is SC(CSSCC(S)c1ccccc1)c1ccccc1. The Morgan fingerprint density at radius 2 is 1.00 bits per heavy atom. The van der Waals surface area contributed by atoms with Crippen LogP contribution in [0.1, 0.15) is 21.6 Å². The maximum atomic E-state index is 4.66. The van der Waals surface area contributed by atoms with Crippen molar-refractivity contribution in [2.75, 3.05) is 11.5 Å². The summed E-state index contributed by atoms with van der Waals surface area (Å²) < 4.78 is 0. The van der Waals surface area contributed by atoms with Crippen molar-refractivity contribution in [2.45, 2.75) is 10.5 Å². The molecule has 0 fully saturated rings. The Balaban J connectivity index is 1.69. The van der Waals surface area contributed by atoms with Crippen LogP contribution in [0.25, 0.3) is 0 Å². The molecule has 2 unspecified atom stereocenters. The molecule has 0 saturated heterocycles. The molecule has 0 bridgehead atoms. The maximum Gasteiger partial charge on any atom is 0.0365 e. The number of hydrogen-bond acceptors (Lipinski definition) is 4. The van der Waals surface area contributed by atoms with Gasteiger partial charge in [0.1, 0.15) is 0 Å². The molecule has 0 aliphatic heterocycles. The van der Waals surface area contributed by atoms with Gasteiger partial charge in [0.05, 0.1) is 0 Å². The number of rotatable bonds is 7. The lowest BCUT2D eigenvalue weighted by molar-refractivity contribution is 1.13. The molecular formula is C16H18S4. The van der Waals surface area contributed by atoms with E-state index >= 15 is 0 Å². The first kappa shape index (κ1) is 16.2. The van der Waals surface area contributed by atoms with Crippen LogP contribution in [0.2, 0.25) is 0 Å². The van der Waals surface area contributed by atoms with Crippen LogP contribution < -0.4 is 0 Å². The van der Waals surface area contributed by atoms with E-state index in [1.807, 2.05) is 33.7 Å². The van der Waals surface area contributed by atoms with Crippen LogP contribution in [0.3, 0.4) is 0 Å². The van der Waals surface area contributed by atoms with Crippen molar-refractivity contribution in [2.24, 2.45) is 0 Å². The van der Waals surface area contributed by atoms with E-state index < -0.39 is 0 Å². The summed E-state index contributed by atoms with van der Waals surface area (Å²) >= 11 is 9.32. The summed E-state index contributed by atoms with van der Waals surface area (Å²) in [5.74, 6) is 2.01. The van der Waals surface area contributed by atoms with Gasteiger partial charge < -0.3 is 0 Å². The number of hydrogen-bond donors (Lipinski definition) is 2. The third-order valence-corrected chi connectivity index (χ3v) is 6.78. The minimum absolute atomic E-state index is 0.295. The molecule has 0 heterocycles. The van der Waals surface area contributed by atoms with Crippen molar-refractivity contribution in [3.63, 3.8) is 0 Å². The summed E-state index contributed by atoms with van der Waals surface area (Å²) in [4.78, 5) is 0. The van der Waals surface area contributed by atoms with Crippen molar-refractivity contribution < 1.29 is 0 Å². The molecule has 4 heteroatoms. The van der Waals surface area contributed by atoms with Crippen LogP contribution in [-0.2, 0) is 0 Å². The van der Waals surface area contributed by atoms with E-state index in [1.54, 1.807) is 0 Å². The predicted octanol–water partition coefficient (Wildman–Crippen LogP) is 5.71. The lowest BCUT2D eigenvalue weighted by Gasteiger charge is -2.12. The molecular weight excluding hydrogens is 320 g/mol. The molecule has 0 aromatic heterocycles. The second kappa shape index (κ2) is 8.98. The smallest absolute Gasteiger partial charge is 0.0365 e. The maximum absolute atomic E-state index is 4.66. The molecule has 2 aromatic carbocycles. The second-order valence-electron chi connectivity index (χ2n) is 4.42. The van der Waals surface area contributed by atoms with Gasteiger partial charge in [-0.25, -0.2) is 0 Å². The van der Waals surface area contributed by atoms with Gasteiger partial charge in [-0.3, -0.25) is 0 Å². The van der Waals surface area contributed by atoms with Gasteiger partial charge in [-0.1, -0.05) is 82.3 Å². The molecule has 0 aliphatic carbocycles. The topological polar surface area (TPSA) is 0 Å². The Labute approximate surface area is 140 Å². The van der Waals surface area contributed by atoms with Crippen molar-refractivity contribution in [3.05, 3.63) is 71.8 Å². The molecule has 106 valence electrons. The Morgan fingerprint density at radius 1 is 0.650 bits per heavy atom. The van der Waals surface area contributed by atoms with Crippen LogP contribution in [0, 0.1) is 0 Å². The van der Waals surface area contributed by atoms with Crippen molar-refractivity contribution in [1.82, 2.24) is 0 Å². The molecule has 0 saturated carbocycles. The molecule has 20 heavy (non-hydrogen) atoms. The van der Waals surface area contributed by atoms with Gasteiger partial charge in [-0.2, -0.15) is 25.3 Å². The van der Waals surface area contributed by atoms with Crippen LogP contribution in [0.5, 0.6) is 0 Å². The van der Waals surface area contributed by atoms with E-state index in [2.05, 4.69) is 73.8 Å². The molecule has 0 radical (unpaired) electrons. The van der Waals surface area contributed by atoms with Crippen LogP contribution in [0.15, 0.2) is 60.7 Å². The Bertz CT molecular complexity index is 439. The van der Waals surface area contributed by atoms with Gasteiger partial charge in [0, 0.05) is 22.0 Å². The predicted molar refractivity (Wildman–Crippen MR) is 101 cm³/mol. The molecule has 2 rings (SSSR count). The number of thiol groups is 2. The Kier molecular flexibility index (Phi) is 7.28. The van der Waals surface area contributed by atoms with E-state index in [0.29, 0.717) is 10.5 Å². The third-order valence-electron chi connectivity index (χ3n) is 2.90. The minimum Gasteiger partial charge on any atom is -0.170 e. The first-order valence-corrected chi connectivity index (χ1v) is 10.00. The Morgan fingerprint density at radius 3 is 1.35 bits per heavy atom. The van der Waals surface area contributed by atoms with Gasteiger partial charge in [0.25, 0.3) is 0 Å². The zero-order chi connectivity index (χ0) is 14.2. The molecule has 2 atom stereocenters. The molecule has 0 amide bonds. The summed E-state index contributed by atoms with van der Waals surface area (Å²) in [5.41, 5.74) is 2.57. The summed E-state index contributed by atoms with van der Waals surface area (Å²) in [6, 6.07) is 20.9. The Hall–Kier alpha value is -0.160. The fourth-order valence-corrected chi connectivity index (χ4v) is 5.39. The minimum atomic E-state index is 0.295. The summed E-state index contributed by atoms with van der Waals surface area (Å²) in [6.45, 7) is 0. The van der Waals surface area contributed by atoms with Crippen LogP contribution >= 0.6 is 46.8 Å². The average molecular weight is 339 g/mol. The zero-order valence-corrected chi connectivity index (χ0v) is 14.5. The normalized spacial score (nSPS) is 13.9. The summed E-state index contributed by atoms with van der Waals surface area (Å²) in [6.07, 6.45) is 0. The highest BCUT2D eigenvalue weighted by molar-refractivity contribution is 8.76. The highest BCUT2D eigenvalue weighted by Gasteiger charge is 2.09. The number of benzene rings is 2. The molecule has 0 spiro atoms. The standard InChI is InChI=1S/C16H18S4/c17-15(13-7-3-1-4-8-13)11-19-20-12-16(18)14-9-5-2-6-10-14/h1-10,15-18H,11-12H2.